The van der Waals surface area contributed by atoms with Gasteiger partial charge >= 0.3 is 5.97 Å². The van der Waals surface area contributed by atoms with Crippen molar-refractivity contribution in [2.24, 2.45) is 4.99 Å². The normalized spacial score (nSPS) is 14.4. The zero-order chi connectivity index (χ0) is 31.4. The first-order valence-electron chi connectivity index (χ1n) is 13.6. The lowest BCUT2D eigenvalue weighted by Crippen LogP contribution is -2.40. The van der Waals surface area contributed by atoms with E-state index in [1.807, 2.05) is 30.3 Å². The highest BCUT2D eigenvalue weighted by atomic mass is 79.9. The first kappa shape index (κ1) is 30.8. The number of aromatic nitrogens is 1. The number of benzene rings is 3. The largest absolute Gasteiger partial charge is 0.497 e. The molecular weight excluding hydrogens is 646 g/mol. The summed E-state index contributed by atoms with van der Waals surface area (Å²) in [5, 5.41) is 9.35. The first-order valence-corrected chi connectivity index (χ1v) is 15.2. The maximum Gasteiger partial charge on any atom is 0.338 e. The molecule has 224 valence electrons. The summed E-state index contributed by atoms with van der Waals surface area (Å²) in [6.45, 7) is 3.87. The SMILES string of the molecule is CCOC(=O)C1=C(C)N=c2s/c(=C/c3ccc(OCc4ccccc4C#N)c(Br)c3)c(=O)n2[C@@H]1c1ccc(OC)cc1OC. The summed E-state index contributed by atoms with van der Waals surface area (Å²) in [6.07, 6.45) is 1.77. The number of fused-ring (bicyclic) bond motifs is 1. The van der Waals surface area contributed by atoms with Crippen LogP contribution in [0.15, 0.2) is 86.2 Å². The fraction of sp³-hybridized carbons (Fsp3) is 0.212. The van der Waals surface area contributed by atoms with Crippen LogP contribution in [0, 0.1) is 11.3 Å². The van der Waals surface area contributed by atoms with E-state index in [1.54, 1.807) is 57.4 Å². The molecule has 0 aliphatic carbocycles. The van der Waals surface area contributed by atoms with Gasteiger partial charge in [0.25, 0.3) is 5.56 Å². The molecule has 4 aromatic rings. The van der Waals surface area contributed by atoms with Gasteiger partial charge in [0, 0.05) is 17.2 Å². The van der Waals surface area contributed by atoms with Gasteiger partial charge in [-0.05, 0) is 71.7 Å². The Balaban J connectivity index is 1.56. The molecule has 1 aromatic heterocycles. The van der Waals surface area contributed by atoms with Crippen LogP contribution in [0.3, 0.4) is 0 Å². The van der Waals surface area contributed by atoms with Crippen LogP contribution in [-0.2, 0) is 16.1 Å². The van der Waals surface area contributed by atoms with Crippen molar-refractivity contribution in [3.05, 3.63) is 118 Å². The second kappa shape index (κ2) is 13.3. The third-order valence-electron chi connectivity index (χ3n) is 7.03. The third kappa shape index (κ3) is 6.04. The molecule has 0 radical (unpaired) electrons. The van der Waals surface area contributed by atoms with Crippen molar-refractivity contribution in [2.75, 3.05) is 20.8 Å². The number of nitrogens with zero attached hydrogens (tertiary/aromatic N) is 3. The van der Waals surface area contributed by atoms with Gasteiger partial charge in [-0.15, -0.1) is 0 Å². The van der Waals surface area contributed by atoms with Crippen molar-refractivity contribution in [1.29, 1.82) is 5.26 Å². The highest BCUT2D eigenvalue weighted by Gasteiger charge is 2.35. The lowest BCUT2D eigenvalue weighted by molar-refractivity contribution is -0.139. The Morgan fingerprint density at radius 2 is 1.91 bits per heavy atom. The Bertz CT molecular complexity index is 2010. The number of allylic oxidation sites excluding steroid dienone is 1. The fourth-order valence-corrected chi connectivity index (χ4v) is 6.47. The predicted octanol–water partition coefficient (Wildman–Crippen LogP) is 5.03. The molecule has 9 nitrogen and oxygen atoms in total. The topological polar surface area (TPSA) is 112 Å². The van der Waals surface area contributed by atoms with Crippen LogP contribution in [0.1, 0.15) is 42.1 Å². The number of carbonyl (C=O) groups excluding carboxylic acids is 1. The average molecular weight is 675 g/mol. The van der Waals surface area contributed by atoms with E-state index in [0.717, 1.165) is 11.1 Å². The van der Waals surface area contributed by atoms with Crippen molar-refractivity contribution in [2.45, 2.75) is 26.5 Å². The third-order valence-corrected chi connectivity index (χ3v) is 8.63. The van der Waals surface area contributed by atoms with Crippen LogP contribution in [0.4, 0.5) is 0 Å². The van der Waals surface area contributed by atoms with Crippen LogP contribution in [0.5, 0.6) is 17.2 Å². The molecule has 0 spiro atoms. The lowest BCUT2D eigenvalue weighted by Gasteiger charge is -2.26. The lowest BCUT2D eigenvalue weighted by atomic mass is 9.95. The molecule has 0 saturated carbocycles. The van der Waals surface area contributed by atoms with Crippen molar-refractivity contribution in [3.63, 3.8) is 0 Å². The summed E-state index contributed by atoms with van der Waals surface area (Å²) in [5.74, 6) is 1.07. The van der Waals surface area contributed by atoms with E-state index in [4.69, 9.17) is 18.9 Å². The van der Waals surface area contributed by atoms with Gasteiger partial charge in [0.2, 0.25) is 0 Å². The van der Waals surface area contributed by atoms with Gasteiger partial charge in [0.05, 0.1) is 52.7 Å². The molecule has 0 N–H and O–H groups in total. The second-order valence-corrected chi connectivity index (χ2v) is 11.5. The zero-order valence-electron chi connectivity index (χ0n) is 24.4. The summed E-state index contributed by atoms with van der Waals surface area (Å²) in [5.41, 5.74) is 3.11. The Hall–Kier alpha value is -4.66. The Morgan fingerprint density at radius 3 is 2.61 bits per heavy atom. The number of rotatable bonds is 9. The summed E-state index contributed by atoms with van der Waals surface area (Å²) in [4.78, 5) is 32.3. The molecule has 0 fully saturated rings. The molecule has 0 bridgehead atoms. The molecule has 2 heterocycles. The van der Waals surface area contributed by atoms with Crippen LogP contribution >= 0.6 is 27.3 Å². The van der Waals surface area contributed by atoms with E-state index >= 15 is 0 Å². The van der Waals surface area contributed by atoms with Gasteiger partial charge < -0.3 is 18.9 Å². The van der Waals surface area contributed by atoms with Crippen LogP contribution in [-0.4, -0.2) is 31.4 Å². The molecule has 3 aromatic carbocycles. The highest BCUT2D eigenvalue weighted by Crippen LogP contribution is 2.37. The smallest absolute Gasteiger partial charge is 0.338 e. The summed E-state index contributed by atoms with van der Waals surface area (Å²) in [6, 6.07) is 19.4. The first-order chi connectivity index (χ1) is 21.3. The van der Waals surface area contributed by atoms with Crippen molar-refractivity contribution in [3.8, 4) is 23.3 Å². The molecule has 1 aliphatic heterocycles. The quantitative estimate of drug-likeness (QED) is 0.229. The number of carbonyl (C=O) groups is 1. The van der Waals surface area contributed by atoms with Crippen molar-refractivity contribution in [1.82, 2.24) is 4.57 Å². The maximum absolute atomic E-state index is 14.0. The van der Waals surface area contributed by atoms with E-state index in [2.05, 4.69) is 27.0 Å². The predicted molar refractivity (Wildman–Crippen MR) is 170 cm³/mol. The minimum atomic E-state index is -0.827. The van der Waals surface area contributed by atoms with Crippen molar-refractivity contribution < 1.29 is 23.7 Å². The second-order valence-electron chi connectivity index (χ2n) is 9.66. The number of methoxy groups -OCH3 is 2. The maximum atomic E-state index is 14.0. The van der Waals surface area contributed by atoms with Gasteiger partial charge in [-0.3, -0.25) is 9.36 Å². The monoisotopic (exact) mass is 673 g/mol. The summed E-state index contributed by atoms with van der Waals surface area (Å²) >= 11 is 4.80. The molecule has 0 amide bonds. The summed E-state index contributed by atoms with van der Waals surface area (Å²) in [7, 11) is 3.08. The number of thiazole rings is 1. The minimum absolute atomic E-state index is 0.173. The molecule has 1 atom stereocenters. The van der Waals surface area contributed by atoms with E-state index in [9.17, 15) is 14.9 Å². The minimum Gasteiger partial charge on any atom is -0.497 e. The molecule has 44 heavy (non-hydrogen) atoms. The number of halogens is 1. The van der Waals surface area contributed by atoms with Crippen LogP contribution in [0.25, 0.3) is 6.08 Å². The van der Waals surface area contributed by atoms with E-state index < -0.39 is 12.0 Å². The van der Waals surface area contributed by atoms with E-state index in [1.165, 1.54) is 23.0 Å². The molecule has 11 heteroatoms. The highest BCUT2D eigenvalue weighted by molar-refractivity contribution is 9.10. The Morgan fingerprint density at radius 1 is 1.11 bits per heavy atom. The van der Waals surface area contributed by atoms with Gasteiger partial charge in [-0.25, -0.2) is 9.79 Å². The Labute approximate surface area is 266 Å². The molecule has 0 saturated heterocycles. The summed E-state index contributed by atoms with van der Waals surface area (Å²) < 4.78 is 25.0. The van der Waals surface area contributed by atoms with E-state index in [-0.39, 0.29) is 24.3 Å². The average Bonchev–Trinajstić information content (AvgIpc) is 3.33. The molecular formula is C33H28BrN3O6S. The number of esters is 1. The molecule has 0 unspecified atom stereocenters. The fourth-order valence-electron chi connectivity index (χ4n) is 4.92. The number of ether oxygens (including phenoxy) is 4. The van der Waals surface area contributed by atoms with E-state index in [0.29, 0.717) is 47.9 Å². The van der Waals surface area contributed by atoms with Crippen LogP contribution < -0.4 is 29.1 Å². The number of hydrogen-bond donors (Lipinski definition) is 0. The van der Waals surface area contributed by atoms with Crippen molar-refractivity contribution >= 4 is 39.3 Å². The molecule has 5 rings (SSSR count). The van der Waals surface area contributed by atoms with Crippen LogP contribution in [0.2, 0.25) is 0 Å². The van der Waals surface area contributed by atoms with Gasteiger partial charge in [0.15, 0.2) is 4.80 Å². The van der Waals surface area contributed by atoms with Gasteiger partial charge in [-0.1, -0.05) is 35.6 Å². The van der Waals surface area contributed by atoms with Gasteiger partial charge in [0.1, 0.15) is 29.9 Å². The van der Waals surface area contributed by atoms with Gasteiger partial charge in [-0.2, -0.15) is 5.26 Å². The number of hydrogen-bond acceptors (Lipinski definition) is 9. The Kier molecular flexibility index (Phi) is 9.32. The number of nitriles is 1. The standard InChI is InChI=1S/C33H28BrN3O6S/c1-5-42-32(39)29-19(2)36-33-37(30(29)24-12-11-23(40-3)16-27(24)41-4)31(38)28(44-33)15-20-10-13-26(25(34)14-20)43-18-22-9-7-6-8-21(22)17-35/h6-16,30H,5,18H2,1-4H3/b28-15+/t30-/m1/s1. The zero-order valence-corrected chi connectivity index (χ0v) is 26.8. The molecule has 1 aliphatic rings.